The van der Waals surface area contributed by atoms with Gasteiger partial charge < -0.3 is 14.6 Å². The van der Waals surface area contributed by atoms with Gasteiger partial charge in [0.05, 0.1) is 21.4 Å². The van der Waals surface area contributed by atoms with Crippen molar-refractivity contribution >= 4 is 28.5 Å². The summed E-state index contributed by atoms with van der Waals surface area (Å²) in [7, 11) is 0. The Labute approximate surface area is 255 Å². The number of nitrogens with zero attached hydrogens (tertiary/aromatic N) is 2. The van der Waals surface area contributed by atoms with Crippen molar-refractivity contribution in [3.05, 3.63) is 121 Å². The molecule has 1 fully saturated rings. The number of nitro groups is 1. The monoisotopic (exact) mass is 647 g/mol. The number of hydrogen-bond acceptors (Lipinski definition) is 6. The van der Waals surface area contributed by atoms with Crippen LogP contribution in [-0.2, 0) is 18.8 Å². The Bertz CT molecular complexity index is 1840. The fourth-order valence-electron chi connectivity index (χ4n) is 5.40. The molecule has 2 heterocycles. The number of non-ortho nitro benzene ring substituents is 1. The van der Waals surface area contributed by atoms with Gasteiger partial charge >= 0.3 is 12.4 Å². The van der Waals surface area contributed by atoms with Crippen LogP contribution in [0.25, 0.3) is 11.0 Å². The number of piperidine rings is 1. The molecule has 1 saturated heterocycles. The van der Waals surface area contributed by atoms with Gasteiger partial charge in [-0.2, -0.15) is 26.3 Å². The number of alkyl halides is 6. The Hall–Kier alpha value is -5.21. The Balaban J connectivity index is 1.41. The maximum atomic E-state index is 13.5. The fourth-order valence-corrected chi connectivity index (χ4v) is 5.40. The highest BCUT2D eigenvalue weighted by molar-refractivity contribution is 5.95. The summed E-state index contributed by atoms with van der Waals surface area (Å²) in [4.78, 5) is 50.8. The highest BCUT2D eigenvalue weighted by Crippen LogP contribution is 2.37. The molecule has 0 saturated carbocycles. The lowest BCUT2D eigenvalue weighted by molar-refractivity contribution is -0.384. The lowest BCUT2D eigenvalue weighted by Crippen LogP contribution is -2.52. The fraction of sp³-hybridized carbons (Fsp3) is 0.258. The van der Waals surface area contributed by atoms with Crippen molar-refractivity contribution in [2.24, 2.45) is 0 Å². The molecule has 0 radical (unpaired) electrons. The maximum absolute atomic E-state index is 13.5. The van der Waals surface area contributed by atoms with Gasteiger partial charge in [-0.15, -0.1) is 0 Å². The van der Waals surface area contributed by atoms with Crippen molar-refractivity contribution in [2.45, 2.75) is 43.7 Å². The summed E-state index contributed by atoms with van der Waals surface area (Å²) < 4.78 is 86.5. The van der Waals surface area contributed by atoms with Gasteiger partial charge in [0.2, 0.25) is 0 Å². The zero-order valence-corrected chi connectivity index (χ0v) is 23.5. The molecule has 0 spiro atoms. The van der Waals surface area contributed by atoms with Crippen LogP contribution in [0.4, 0.5) is 32.0 Å². The third kappa shape index (κ3) is 7.03. The lowest BCUT2D eigenvalue weighted by atomic mass is 9.91. The minimum absolute atomic E-state index is 0.0492. The molecule has 1 aromatic heterocycles. The van der Waals surface area contributed by atoms with E-state index in [0.29, 0.717) is 12.1 Å². The van der Waals surface area contributed by atoms with E-state index in [4.69, 9.17) is 4.42 Å². The SMILES string of the molecule is O=C(N[C@H]1CCN(C(=O)c2cc(C(F)(F)F)cc(C(F)(F)F)c2)[C@H](Cc2ccccc2)C1)c1cc(=O)c2cc([N+](=O)[O-])ccc2o1. The van der Waals surface area contributed by atoms with Gasteiger partial charge in [-0.3, -0.25) is 24.5 Å². The van der Waals surface area contributed by atoms with Crippen LogP contribution in [0.1, 0.15) is 50.4 Å². The van der Waals surface area contributed by atoms with E-state index in [0.717, 1.165) is 23.8 Å². The second-order valence-corrected chi connectivity index (χ2v) is 10.7. The average Bonchev–Trinajstić information content (AvgIpc) is 3.00. The Kier molecular flexibility index (Phi) is 8.60. The van der Waals surface area contributed by atoms with E-state index in [2.05, 4.69) is 5.32 Å². The Morgan fingerprint density at radius 3 is 2.20 bits per heavy atom. The van der Waals surface area contributed by atoms with Crippen molar-refractivity contribution in [1.29, 1.82) is 0 Å². The molecule has 2 atom stereocenters. The number of benzene rings is 3. The van der Waals surface area contributed by atoms with E-state index >= 15 is 0 Å². The standard InChI is InChI=1S/C31H23F6N3O6/c32-30(33,34)19-11-18(12-20(13-19)31(35,36)37)29(43)39-9-8-21(14-23(39)10-17-4-2-1-3-5-17)38-28(42)27-16-25(41)24-15-22(40(44)45)6-7-26(24)46-27/h1-7,11-13,15-16,21,23H,8-10,14H2,(H,38,42)/t21-,23+/m0/s1. The number of rotatable bonds is 6. The van der Waals surface area contributed by atoms with Crippen molar-refractivity contribution in [2.75, 3.05) is 6.54 Å². The number of hydrogen-bond donors (Lipinski definition) is 1. The first kappa shape index (κ1) is 32.2. The third-order valence-corrected chi connectivity index (χ3v) is 7.61. The van der Waals surface area contributed by atoms with E-state index in [1.54, 1.807) is 30.3 Å². The van der Waals surface area contributed by atoms with Gasteiger partial charge in [-0.1, -0.05) is 30.3 Å². The topological polar surface area (TPSA) is 123 Å². The molecule has 2 amide bonds. The Morgan fingerprint density at radius 1 is 0.935 bits per heavy atom. The highest BCUT2D eigenvalue weighted by Gasteiger charge is 2.39. The minimum Gasteiger partial charge on any atom is -0.451 e. The van der Waals surface area contributed by atoms with E-state index in [-0.39, 0.29) is 54.3 Å². The van der Waals surface area contributed by atoms with Crippen LogP contribution < -0.4 is 10.7 Å². The largest absolute Gasteiger partial charge is 0.451 e. The van der Waals surface area contributed by atoms with Gasteiger partial charge in [0, 0.05) is 42.4 Å². The second-order valence-electron chi connectivity index (χ2n) is 10.7. The van der Waals surface area contributed by atoms with Gasteiger partial charge in [0.1, 0.15) is 5.58 Å². The molecular formula is C31H23F6N3O6. The number of carbonyl (C=O) groups excluding carboxylic acids is 2. The number of carbonyl (C=O) groups is 2. The van der Waals surface area contributed by atoms with Gasteiger partial charge in [0.25, 0.3) is 17.5 Å². The minimum atomic E-state index is -5.14. The van der Waals surface area contributed by atoms with E-state index in [1.165, 1.54) is 11.0 Å². The van der Waals surface area contributed by atoms with Crippen molar-refractivity contribution in [1.82, 2.24) is 10.2 Å². The average molecular weight is 648 g/mol. The third-order valence-electron chi connectivity index (χ3n) is 7.61. The molecular weight excluding hydrogens is 624 g/mol. The highest BCUT2D eigenvalue weighted by atomic mass is 19.4. The van der Waals surface area contributed by atoms with E-state index in [9.17, 15) is 50.8 Å². The van der Waals surface area contributed by atoms with Crippen molar-refractivity contribution < 1.29 is 45.3 Å². The lowest BCUT2D eigenvalue weighted by Gasteiger charge is -2.40. The zero-order valence-electron chi connectivity index (χ0n) is 23.5. The summed E-state index contributed by atoms with van der Waals surface area (Å²) in [6.45, 7) is -0.121. The predicted octanol–water partition coefficient (Wildman–Crippen LogP) is 6.38. The van der Waals surface area contributed by atoms with Crippen molar-refractivity contribution in [3.63, 3.8) is 0 Å². The first-order valence-corrected chi connectivity index (χ1v) is 13.8. The molecule has 1 aliphatic rings. The normalized spacial score (nSPS) is 17.1. The van der Waals surface area contributed by atoms with E-state index in [1.807, 2.05) is 0 Å². The molecule has 4 aromatic rings. The summed E-state index contributed by atoms with van der Waals surface area (Å²) in [6, 6.07) is 12.2. The number of nitrogens with one attached hydrogen (secondary N) is 1. The molecule has 3 aromatic carbocycles. The smallest absolute Gasteiger partial charge is 0.416 e. The van der Waals surface area contributed by atoms with Crippen LogP contribution in [0.3, 0.4) is 0 Å². The molecule has 46 heavy (non-hydrogen) atoms. The van der Waals surface area contributed by atoms with Crippen LogP contribution in [0, 0.1) is 10.1 Å². The zero-order chi connectivity index (χ0) is 33.4. The molecule has 9 nitrogen and oxygen atoms in total. The molecule has 0 unspecified atom stereocenters. The second kappa shape index (κ2) is 12.3. The number of nitro benzene ring substituents is 1. The molecule has 1 N–H and O–H groups in total. The summed E-state index contributed by atoms with van der Waals surface area (Å²) in [6.07, 6.45) is -9.94. The van der Waals surface area contributed by atoms with E-state index < -0.39 is 63.3 Å². The molecule has 5 rings (SSSR count). The van der Waals surface area contributed by atoms with Crippen LogP contribution in [0.2, 0.25) is 0 Å². The molecule has 0 bridgehead atoms. The first-order chi connectivity index (χ1) is 21.6. The van der Waals surface area contributed by atoms with Crippen LogP contribution in [0.5, 0.6) is 0 Å². The summed E-state index contributed by atoms with van der Waals surface area (Å²) in [5.41, 5.74) is -4.38. The molecule has 240 valence electrons. The molecule has 15 heteroatoms. The van der Waals surface area contributed by atoms with Gasteiger partial charge in [-0.05, 0) is 49.1 Å². The van der Waals surface area contributed by atoms with Gasteiger partial charge in [-0.25, -0.2) is 0 Å². The van der Waals surface area contributed by atoms with Crippen LogP contribution in [0.15, 0.2) is 82.0 Å². The number of halogens is 6. The number of likely N-dealkylation sites (tertiary alicyclic amines) is 1. The van der Waals surface area contributed by atoms with Crippen LogP contribution in [-0.4, -0.2) is 40.3 Å². The molecule has 0 aliphatic carbocycles. The summed E-state index contributed by atoms with van der Waals surface area (Å²) >= 11 is 0. The molecule has 1 aliphatic heterocycles. The summed E-state index contributed by atoms with van der Waals surface area (Å²) in [5.74, 6) is -2.21. The maximum Gasteiger partial charge on any atom is 0.416 e. The number of fused-ring (bicyclic) bond motifs is 1. The first-order valence-electron chi connectivity index (χ1n) is 13.8. The quantitative estimate of drug-likeness (QED) is 0.147. The van der Waals surface area contributed by atoms with Crippen molar-refractivity contribution in [3.8, 4) is 0 Å². The van der Waals surface area contributed by atoms with Gasteiger partial charge in [0.15, 0.2) is 11.2 Å². The Morgan fingerprint density at radius 2 is 1.59 bits per heavy atom. The van der Waals surface area contributed by atoms with Crippen LogP contribution >= 0.6 is 0 Å². The predicted molar refractivity (Wildman–Crippen MR) is 151 cm³/mol. The number of amides is 2. The summed E-state index contributed by atoms with van der Waals surface area (Å²) in [5, 5.41) is 13.7.